The van der Waals surface area contributed by atoms with Crippen molar-refractivity contribution in [3.8, 4) is 11.1 Å². The highest BCUT2D eigenvalue weighted by Crippen LogP contribution is 2.34. The van der Waals surface area contributed by atoms with Gasteiger partial charge in [0.1, 0.15) is 0 Å². The molecule has 1 saturated carbocycles. The van der Waals surface area contributed by atoms with Crippen LogP contribution in [0.3, 0.4) is 0 Å². The number of carbonyl (C=O) groups excluding carboxylic acids is 2. The topological polar surface area (TPSA) is 81.9 Å². The van der Waals surface area contributed by atoms with Gasteiger partial charge in [0.2, 0.25) is 0 Å². The monoisotopic (exact) mass is 607 g/mol. The summed E-state index contributed by atoms with van der Waals surface area (Å²) in [5, 5.41) is 5.17. The summed E-state index contributed by atoms with van der Waals surface area (Å²) in [5.74, 6) is -0.0323. The fourth-order valence-electron chi connectivity index (χ4n) is 6.29. The number of anilines is 2. The number of amides is 2. The predicted molar refractivity (Wildman–Crippen MR) is 180 cm³/mol. The van der Waals surface area contributed by atoms with E-state index < -0.39 is 0 Å². The molecule has 2 fully saturated rings. The van der Waals surface area contributed by atoms with Gasteiger partial charge in [0, 0.05) is 50.4 Å². The summed E-state index contributed by atoms with van der Waals surface area (Å²) in [7, 11) is 2.14. The number of nitrogens with two attached hydrogens (primary N) is 1. The average Bonchev–Trinajstić information content (AvgIpc) is 3.60. The Bertz CT molecular complexity index is 1560. The molecule has 0 radical (unpaired) electrons. The molecule has 2 amide bonds. The number of carbonyl (C=O) groups is 2. The number of benzene rings is 3. The van der Waals surface area contributed by atoms with Crippen LogP contribution >= 0.6 is 11.3 Å². The quantitative estimate of drug-likeness (QED) is 0.245. The molecule has 1 saturated heterocycles. The summed E-state index contributed by atoms with van der Waals surface area (Å²) in [6, 6.07) is 28.4. The third-order valence-corrected chi connectivity index (χ3v) is 9.77. The Balaban J connectivity index is 1.29. The van der Waals surface area contributed by atoms with E-state index in [2.05, 4.69) is 69.5 Å². The number of piperazine rings is 1. The average molecular weight is 608 g/mol. The molecule has 3 N–H and O–H groups in total. The zero-order valence-electron chi connectivity index (χ0n) is 25.3. The van der Waals surface area contributed by atoms with Crippen LogP contribution in [0.15, 0.2) is 90.3 Å². The molecule has 0 unspecified atom stereocenters. The number of likely N-dealkylation sites (N-methyl/N-ethyl adjacent to an activating group) is 1. The standard InChI is InChI=1S/C36H41N5O2S/c1-39-18-20-40(21-19-39)33-17-12-29(24-32(33)38-35(42)27-8-3-2-4-9-27)28-10-5-7-26(23-28)25-41(31-15-13-30(37)14-16-31)36(43)34-11-6-22-44-34/h2-12,17,22-24,30-31H,13-16,18-21,25,37H2,1H3,(H,38,42). The SMILES string of the molecule is CN1CCN(c2ccc(-c3cccc(CN(C(=O)c4cccs4)C4CCC(N)CC4)c3)cc2NC(=O)c2ccccc2)CC1. The maximum absolute atomic E-state index is 13.7. The fourth-order valence-corrected chi connectivity index (χ4v) is 6.97. The zero-order chi connectivity index (χ0) is 30.5. The summed E-state index contributed by atoms with van der Waals surface area (Å²) in [6.45, 7) is 4.30. The maximum Gasteiger partial charge on any atom is 0.264 e. The zero-order valence-corrected chi connectivity index (χ0v) is 26.1. The van der Waals surface area contributed by atoms with E-state index in [1.165, 1.54) is 11.3 Å². The first kappa shape index (κ1) is 30.1. The molecule has 2 aliphatic rings. The smallest absolute Gasteiger partial charge is 0.264 e. The number of hydrogen-bond acceptors (Lipinski definition) is 6. The Labute approximate surface area is 264 Å². The minimum atomic E-state index is -0.123. The van der Waals surface area contributed by atoms with E-state index in [-0.39, 0.29) is 23.9 Å². The van der Waals surface area contributed by atoms with Crippen molar-refractivity contribution in [2.24, 2.45) is 5.73 Å². The van der Waals surface area contributed by atoms with Crippen LogP contribution in [0.25, 0.3) is 11.1 Å². The lowest BCUT2D eigenvalue weighted by Gasteiger charge is -2.36. The van der Waals surface area contributed by atoms with E-state index >= 15 is 0 Å². The summed E-state index contributed by atoms with van der Waals surface area (Å²) in [6.07, 6.45) is 3.73. The van der Waals surface area contributed by atoms with E-state index in [9.17, 15) is 9.59 Å². The molecule has 1 aliphatic heterocycles. The molecular weight excluding hydrogens is 566 g/mol. The normalized spacial score (nSPS) is 19.0. The number of hydrogen-bond donors (Lipinski definition) is 2. The van der Waals surface area contributed by atoms with Crippen LogP contribution in [-0.2, 0) is 6.54 Å². The number of nitrogens with one attached hydrogen (secondary N) is 1. The van der Waals surface area contributed by atoms with Gasteiger partial charge >= 0.3 is 0 Å². The molecular formula is C36H41N5O2S. The Morgan fingerprint density at radius 1 is 0.864 bits per heavy atom. The fraction of sp³-hybridized carbons (Fsp3) is 0.333. The molecule has 2 heterocycles. The number of rotatable bonds is 8. The van der Waals surface area contributed by atoms with Crippen molar-refractivity contribution in [2.75, 3.05) is 43.4 Å². The van der Waals surface area contributed by atoms with Crippen LogP contribution in [0.2, 0.25) is 0 Å². The van der Waals surface area contributed by atoms with Gasteiger partial charge in [0.05, 0.1) is 16.3 Å². The lowest BCUT2D eigenvalue weighted by atomic mass is 9.90. The van der Waals surface area contributed by atoms with Gasteiger partial charge in [0.25, 0.3) is 11.8 Å². The molecule has 1 aliphatic carbocycles. The van der Waals surface area contributed by atoms with Crippen molar-refractivity contribution < 1.29 is 9.59 Å². The molecule has 0 atom stereocenters. The Hall–Kier alpha value is -3.98. The Kier molecular flexibility index (Phi) is 9.40. The second-order valence-corrected chi connectivity index (χ2v) is 13.0. The molecule has 228 valence electrons. The molecule has 0 bridgehead atoms. The molecule has 0 spiro atoms. The largest absolute Gasteiger partial charge is 0.367 e. The van der Waals surface area contributed by atoms with Crippen LogP contribution in [0.1, 0.15) is 51.3 Å². The molecule has 1 aromatic heterocycles. The van der Waals surface area contributed by atoms with Crippen molar-refractivity contribution >= 4 is 34.5 Å². The van der Waals surface area contributed by atoms with E-state index in [0.29, 0.717) is 12.1 Å². The summed E-state index contributed by atoms with van der Waals surface area (Å²) in [5.41, 5.74) is 11.8. The van der Waals surface area contributed by atoms with Gasteiger partial charge in [0.15, 0.2) is 0 Å². The summed E-state index contributed by atoms with van der Waals surface area (Å²) < 4.78 is 0. The van der Waals surface area contributed by atoms with Crippen molar-refractivity contribution in [2.45, 2.75) is 44.3 Å². The minimum absolute atomic E-state index is 0.0910. The lowest BCUT2D eigenvalue weighted by molar-refractivity contribution is 0.0611. The van der Waals surface area contributed by atoms with Crippen LogP contribution in [-0.4, -0.2) is 66.9 Å². The molecule has 3 aromatic carbocycles. The van der Waals surface area contributed by atoms with Gasteiger partial charge in [-0.3, -0.25) is 9.59 Å². The van der Waals surface area contributed by atoms with Gasteiger partial charge < -0.3 is 25.8 Å². The lowest BCUT2D eigenvalue weighted by Crippen LogP contribution is -2.44. The number of thiophene rings is 1. The minimum Gasteiger partial charge on any atom is -0.367 e. The Morgan fingerprint density at radius 2 is 1.61 bits per heavy atom. The highest BCUT2D eigenvalue weighted by atomic mass is 32.1. The Morgan fingerprint density at radius 3 is 2.34 bits per heavy atom. The van der Waals surface area contributed by atoms with Crippen molar-refractivity contribution in [3.05, 3.63) is 106 Å². The highest BCUT2D eigenvalue weighted by molar-refractivity contribution is 7.12. The first-order chi connectivity index (χ1) is 21.4. The third-order valence-electron chi connectivity index (χ3n) is 8.91. The van der Waals surface area contributed by atoms with Crippen molar-refractivity contribution in [1.29, 1.82) is 0 Å². The van der Waals surface area contributed by atoms with Gasteiger partial charge in [-0.15, -0.1) is 11.3 Å². The van der Waals surface area contributed by atoms with Crippen LogP contribution < -0.4 is 16.0 Å². The first-order valence-corrected chi connectivity index (χ1v) is 16.5. The first-order valence-electron chi connectivity index (χ1n) is 15.6. The van der Waals surface area contributed by atoms with Crippen LogP contribution in [0, 0.1) is 0 Å². The van der Waals surface area contributed by atoms with Crippen molar-refractivity contribution in [3.63, 3.8) is 0 Å². The van der Waals surface area contributed by atoms with Gasteiger partial charge in [-0.1, -0.05) is 48.5 Å². The van der Waals surface area contributed by atoms with Gasteiger partial charge in [-0.25, -0.2) is 0 Å². The van der Waals surface area contributed by atoms with E-state index in [4.69, 9.17) is 5.73 Å². The van der Waals surface area contributed by atoms with E-state index in [1.54, 1.807) is 0 Å². The maximum atomic E-state index is 13.7. The molecule has 4 aromatic rings. The second-order valence-electron chi connectivity index (χ2n) is 12.0. The van der Waals surface area contributed by atoms with E-state index in [0.717, 1.165) is 84.8 Å². The molecule has 6 rings (SSSR count). The van der Waals surface area contributed by atoms with E-state index in [1.807, 2.05) is 47.8 Å². The van der Waals surface area contributed by atoms with Crippen LogP contribution in [0.4, 0.5) is 11.4 Å². The highest BCUT2D eigenvalue weighted by Gasteiger charge is 2.29. The third kappa shape index (κ3) is 7.04. The van der Waals surface area contributed by atoms with Gasteiger partial charge in [-0.2, -0.15) is 0 Å². The summed E-state index contributed by atoms with van der Waals surface area (Å²) >= 11 is 1.50. The second kappa shape index (κ2) is 13.8. The van der Waals surface area contributed by atoms with Crippen LogP contribution in [0.5, 0.6) is 0 Å². The summed E-state index contributed by atoms with van der Waals surface area (Å²) in [4.78, 5) is 34.5. The molecule has 7 nitrogen and oxygen atoms in total. The molecule has 8 heteroatoms. The number of nitrogens with zero attached hydrogens (tertiary/aromatic N) is 3. The van der Waals surface area contributed by atoms with Crippen molar-refractivity contribution in [1.82, 2.24) is 9.80 Å². The molecule has 44 heavy (non-hydrogen) atoms. The van der Waals surface area contributed by atoms with Gasteiger partial charge in [-0.05, 0) is 91.2 Å². The predicted octanol–water partition coefficient (Wildman–Crippen LogP) is 6.33.